The molecule has 0 radical (unpaired) electrons. The van der Waals surface area contributed by atoms with Gasteiger partial charge in [-0.15, -0.1) is 0 Å². The molecule has 0 aromatic carbocycles. The normalized spacial score (nSPS) is 42.9. The van der Waals surface area contributed by atoms with Gasteiger partial charge in [-0.1, -0.05) is 6.92 Å². The summed E-state index contributed by atoms with van der Waals surface area (Å²) in [4.78, 5) is 0. The first-order valence-electron chi connectivity index (χ1n) is 4.07. The topological polar surface area (TPSA) is 35.2 Å². The summed E-state index contributed by atoms with van der Waals surface area (Å²) in [7, 11) is 0. The highest BCUT2D eigenvalue weighted by atomic mass is 16.5. The van der Waals surface area contributed by atoms with Crippen LogP contribution in [0.15, 0.2) is 0 Å². The quantitative estimate of drug-likeness (QED) is 0.552. The predicted octanol–water partition coefficient (Wildman–Crippen LogP) is 1.15. The Morgan fingerprint density at radius 1 is 1.30 bits per heavy atom. The molecule has 0 spiro atoms. The number of nitrogens with two attached hydrogens (primary N) is 1. The van der Waals surface area contributed by atoms with Crippen molar-refractivity contribution in [1.29, 1.82) is 0 Å². The Balaban J connectivity index is 2.38. The van der Waals surface area contributed by atoms with E-state index in [-0.39, 0.29) is 0 Å². The average Bonchev–Trinajstić information content (AvgIpc) is 2.04. The SMILES string of the molecule is CC1CCC(N)C(C)CO1. The fourth-order valence-electron chi connectivity index (χ4n) is 1.23. The molecule has 0 amide bonds. The molecule has 1 rings (SSSR count). The molecular formula is C8H17NO. The van der Waals surface area contributed by atoms with Gasteiger partial charge in [-0.2, -0.15) is 0 Å². The Kier molecular flexibility index (Phi) is 2.69. The van der Waals surface area contributed by atoms with Crippen molar-refractivity contribution in [3.05, 3.63) is 0 Å². The number of hydrogen-bond donors (Lipinski definition) is 1. The largest absolute Gasteiger partial charge is 0.378 e. The Morgan fingerprint density at radius 3 is 2.70 bits per heavy atom. The summed E-state index contributed by atoms with van der Waals surface area (Å²) in [5, 5.41) is 0. The fraction of sp³-hybridized carbons (Fsp3) is 1.00. The van der Waals surface area contributed by atoms with E-state index in [4.69, 9.17) is 10.5 Å². The minimum Gasteiger partial charge on any atom is -0.378 e. The Bertz CT molecular complexity index is 93.4. The molecule has 1 fully saturated rings. The van der Waals surface area contributed by atoms with Gasteiger partial charge >= 0.3 is 0 Å². The van der Waals surface area contributed by atoms with Crippen LogP contribution in [0.4, 0.5) is 0 Å². The summed E-state index contributed by atoms with van der Waals surface area (Å²) in [6.07, 6.45) is 2.64. The van der Waals surface area contributed by atoms with Crippen molar-refractivity contribution >= 4 is 0 Å². The first-order valence-corrected chi connectivity index (χ1v) is 4.07. The highest BCUT2D eigenvalue weighted by Gasteiger charge is 2.19. The molecule has 60 valence electrons. The van der Waals surface area contributed by atoms with Crippen LogP contribution in [0.25, 0.3) is 0 Å². The second kappa shape index (κ2) is 3.35. The molecule has 3 atom stereocenters. The van der Waals surface area contributed by atoms with Crippen molar-refractivity contribution in [2.45, 2.75) is 38.8 Å². The summed E-state index contributed by atoms with van der Waals surface area (Å²) in [5.74, 6) is 0.532. The van der Waals surface area contributed by atoms with Gasteiger partial charge in [0.25, 0.3) is 0 Å². The van der Waals surface area contributed by atoms with E-state index in [9.17, 15) is 0 Å². The molecule has 10 heavy (non-hydrogen) atoms. The number of rotatable bonds is 0. The first kappa shape index (κ1) is 8.02. The van der Waals surface area contributed by atoms with Gasteiger partial charge < -0.3 is 10.5 Å². The molecule has 1 heterocycles. The highest BCUT2D eigenvalue weighted by molar-refractivity contribution is 4.73. The summed E-state index contributed by atoms with van der Waals surface area (Å²) >= 11 is 0. The van der Waals surface area contributed by atoms with E-state index in [0.717, 1.165) is 19.4 Å². The standard InChI is InChI=1S/C8H17NO/c1-6-5-10-7(2)3-4-8(6)9/h6-8H,3-5,9H2,1-2H3. The molecule has 2 N–H and O–H groups in total. The lowest BCUT2D eigenvalue weighted by Gasteiger charge is -2.14. The highest BCUT2D eigenvalue weighted by Crippen LogP contribution is 2.16. The van der Waals surface area contributed by atoms with E-state index >= 15 is 0 Å². The summed E-state index contributed by atoms with van der Waals surface area (Å²) in [5.41, 5.74) is 5.86. The van der Waals surface area contributed by atoms with Gasteiger partial charge in [-0.05, 0) is 25.7 Å². The molecule has 0 aromatic rings. The average molecular weight is 143 g/mol. The monoisotopic (exact) mass is 143 g/mol. The van der Waals surface area contributed by atoms with Gasteiger partial charge in [0.2, 0.25) is 0 Å². The summed E-state index contributed by atoms with van der Waals surface area (Å²) in [6.45, 7) is 5.11. The van der Waals surface area contributed by atoms with Crippen LogP contribution in [0.5, 0.6) is 0 Å². The molecule has 2 nitrogen and oxygen atoms in total. The maximum atomic E-state index is 5.86. The summed E-state index contributed by atoms with van der Waals surface area (Å²) < 4.78 is 5.51. The van der Waals surface area contributed by atoms with Gasteiger partial charge in [0.15, 0.2) is 0 Å². The van der Waals surface area contributed by atoms with Gasteiger partial charge in [0, 0.05) is 6.04 Å². The van der Waals surface area contributed by atoms with E-state index in [1.807, 2.05) is 0 Å². The van der Waals surface area contributed by atoms with Crippen molar-refractivity contribution in [3.63, 3.8) is 0 Å². The van der Waals surface area contributed by atoms with E-state index < -0.39 is 0 Å². The van der Waals surface area contributed by atoms with Gasteiger partial charge in [0.1, 0.15) is 0 Å². The third kappa shape index (κ3) is 1.96. The Labute approximate surface area is 62.7 Å². The van der Waals surface area contributed by atoms with Crippen LogP contribution in [0.2, 0.25) is 0 Å². The summed E-state index contributed by atoms with van der Waals surface area (Å²) in [6, 6.07) is 0.352. The van der Waals surface area contributed by atoms with Crippen LogP contribution in [-0.2, 0) is 4.74 Å². The zero-order chi connectivity index (χ0) is 7.56. The third-order valence-corrected chi connectivity index (χ3v) is 2.28. The van der Waals surface area contributed by atoms with Crippen molar-refractivity contribution in [2.24, 2.45) is 11.7 Å². The smallest absolute Gasteiger partial charge is 0.0547 e. The molecule has 2 heteroatoms. The minimum absolute atomic E-state index is 0.352. The van der Waals surface area contributed by atoms with Crippen molar-refractivity contribution in [1.82, 2.24) is 0 Å². The van der Waals surface area contributed by atoms with Crippen LogP contribution >= 0.6 is 0 Å². The van der Waals surface area contributed by atoms with Crippen LogP contribution in [0, 0.1) is 5.92 Å². The predicted molar refractivity (Wildman–Crippen MR) is 41.8 cm³/mol. The molecule has 1 aliphatic heterocycles. The first-order chi connectivity index (χ1) is 4.70. The van der Waals surface area contributed by atoms with Crippen LogP contribution in [0.1, 0.15) is 26.7 Å². The van der Waals surface area contributed by atoms with Crippen LogP contribution < -0.4 is 5.73 Å². The maximum Gasteiger partial charge on any atom is 0.0547 e. The maximum absolute atomic E-state index is 5.86. The number of hydrogen-bond acceptors (Lipinski definition) is 2. The molecule has 0 aliphatic carbocycles. The van der Waals surface area contributed by atoms with E-state index in [0.29, 0.717) is 18.1 Å². The lowest BCUT2D eigenvalue weighted by molar-refractivity contribution is 0.0545. The van der Waals surface area contributed by atoms with Crippen LogP contribution in [-0.4, -0.2) is 18.8 Å². The van der Waals surface area contributed by atoms with Gasteiger partial charge in [-0.3, -0.25) is 0 Å². The molecule has 1 saturated heterocycles. The second-order valence-electron chi connectivity index (χ2n) is 3.36. The molecule has 1 aliphatic rings. The zero-order valence-corrected chi connectivity index (χ0v) is 6.84. The van der Waals surface area contributed by atoms with Crippen molar-refractivity contribution < 1.29 is 4.74 Å². The zero-order valence-electron chi connectivity index (χ0n) is 6.84. The van der Waals surface area contributed by atoms with Gasteiger partial charge in [0.05, 0.1) is 12.7 Å². The van der Waals surface area contributed by atoms with Crippen molar-refractivity contribution in [2.75, 3.05) is 6.61 Å². The Hall–Kier alpha value is -0.0800. The lowest BCUT2D eigenvalue weighted by atomic mass is 10.00. The van der Waals surface area contributed by atoms with Crippen molar-refractivity contribution in [3.8, 4) is 0 Å². The van der Waals surface area contributed by atoms with Crippen LogP contribution in [0.3, 0.4) is 0 Å². The molecular weight excluding hydrogens is 126 g/mol. The minimum atomic E-state index is 0.352. The number of ether oxygens (including phenoxy) is 1. The Morgan fingerprint density at radius 2 is 2.00 bits per heavy atom. The second-order valence-corrected chi connectivity index (χ2v) is 3.36. The lowest BCUT2D eigenvalue weighted by Crippen LogP contribution is -2.28. The molecule has 3 unspecified atom stereocenters. The fourth-order valence-corrected chi connectivity index (χ4v) is 1.23. The molecule has 0 saturated carbocycles. The van der Waals surface area contributed by atoms with E-state index in [1.54, 1.807) is 0 Å². The molecule has 0 bridgehead atoms. The van der Waals surface area contributed by atoms with Gasteiger partial charge in [-0.25, -0.2) is 0 Å². The van der Waals surface area contributed by atoms with E-state index in [1.165, 1.54) is 0 Å². The third-order valence-electron chi connectivity index (χ3n) is 2.28. The molecule has 0 aromatic heterocycles. The van der Waals surface area contributed by atoms with E-state index in [2.05, 4.69) is 13.8 Å².